The molecule has 3 aromatic rings. The number of aromatic nitrogens is 2. The SMILES string of the molecule is Cn1cccc(NC(=O)C=Cc2nc3ccccc3s2)c1=O. The molecule has 0 aliphatic heterocycles. The van der Waals surface area contributed by atoms with Crippen molar-refractivity contribution in [3.63, 3.8) is 0 Å². The molecule has 5 nitrogen and oxygen atoms in total. The van der Waals surface area contributed by atoms with E-state index in [0.717, 1.165) is 15.2 Å². The first-order valence-electron chi connectivity index (χ1n) is 6.64. The Labute approximate surface area is 130 Å². The Kier molecular flexibility index (Phi) is 3.84. The summed E-state index contributed by atoms with van der Waals surface area (Å²) >= 11 is 1.51. The zero-order valence-corrected chi connectivity index (χ0v) is 12.6. The van der Waals surface area contributed by atoms with Crippen LogP contribution in [0.5, 0.6) is 0 Å². The summed E-state index contributed by atoms with van der Waals surface area (Å²) in [5.74, 6) is -0.359. The van der Waals surface area contributed by atoms with E-state index in [1.165, 1.54) is 22.0 Å². The number of amides is 1. The Balaban J connectivity index is 1.76. The maximum Gasteiger partial charge on any atom is 0.274 e. The van der Waals surface area contributed by atoms with Crippen LogP contribution >= 0.6 is 11.3 Å². The van der Waals surface area contributed by atoms with Crippen LogP contribution in [0.25, 0.3) is 16.3 Å². The van der Waals surface area contributed by atoms with Crippen molar-refractivity contribution in [2.75, 3.05) is 5.32 Å². The van der Waals surface area contributed by atoms with Crippen molar-refractivity contribution < 1.29 is 4.79 Å². The third-order valence-electron chi connectivity index (χ3n) is 3.07. The highest BCUT2D eigenvalue weighted by molar-refractivity contribution is 7.19. The number of anilines is 1. The van der Waals surface area contributed by atoms with Gasteiger partial charge in [0.05, 0.1) is 10.2 Å². The second-order valence-electron chi connectivity index (χ2n) is 4.68. The van der Waals surface area contributed by atoms with Crippen molar-refractivity contribution in [1.29, 1.82) is 0 Å². The van der Waals surface area contributed by atoms with Crippen LogP contribution < -0.4 is 10.9 Å². The first kappa shape index (κ1) is 14.2. The van der Waals surface area contributed by atoms with Gasteiger partial charge in [-0.25, -0.2) is 4.98 Å². The number of carbonyl (C=O) groups excluding carboxylic acids is 1. The maximum atomic E-state index is 11.9. The van der Waals surface area contributed by atoms with Gasteiger partial charge in [-0.15, -0.1) is 11.3 Å². The molecule has 0 fully saturated rings. The Morgan fingerprint density at radius 3 is 2.91 bits per heavy atom. The summed E-state index contributed by atoms with van der Waals surface area (Å²) in [5, 5.41) is 3.32. The van der Waals surface area contributed by atoms with Crippen LogP contribution in [-0.2, 0) is 11.8 Å². The van der Waals surface area contributed by atoms with Gasteiger partial charge in [0.2, 0.25) is 5.91 Å². The molecule has 22 heavy (non-hydrogen) atoms. The summed E-state index contributed by atoms with van der Waals surface area (Å²) in [6.07, 6.45) is 4.66. The molecule has 1 N–H and O–H groups in total. The average Bonchev–Trinajstić information content (AvgIpc) is 2.93. The third kappa shape index (κ3) is 2.96. The molecule has 110 valence electrons. The van der Waals surface area contributed by atoms with Crippen molar-refractivity contribution in [1.82, 2.24) is 9.55 Å². The maximum absolute atomic E-state index is 11.9. The smallest absolute Gasteiger partial charge is 0.274 e. The van der Waals surface area contributed by atoms with Gasteiger partial charge in [-0.1, -0.05) is 12.1 Å². The minimum atomic E-state index is -0.359. The fraction of sp³-hybridized carbons (Fsp3) is 0.0625. The van der Waals surface area contributed by atoms with Crippen molar-refractivity contribution in [3.8, 4) is 0 Å². The molecule has 0 atom stereocenters. The molecule has 1 amide bonds. The highest BCUT2D eigenvalue weighted by Gasteiger charge is 2.04. The molecule has 1 aromatic carbocycles. The topological polar surface area (TPSA) is 64.0 Å². The molecule has 3 rings (SSSR count). The summed E-state index contributed by atoms with van der Waals surface area (Å²) in [7, 11) is 1.63. The van der Waals surface area contributed by atoms with Crippen LogP contribution in [-0.4, -0.2) is 15.5 Å². The number of carbonyl (C=O) groups is 1. The Hall–Kier alpha value is -2.73. The fourth-order valence-electron chi connectivity index (χ4n) is 1.98. The molecule has 0 aliphatic carbocycles. The lowest BCUT2D eigenvalue weighted by atomic mass is 10.3. The van der Waals surface area contributed by atoms with Gasteiger partial charge < -0.3 is 9.88 Å². The minimum Gasteiger partial charge on any atom is -0.318 e. The summed E-state index contributed by atoms with van der Waals surface area (Å²) in [6, 6.07) is 11.1. The number of fused-ring (bicyclic) bond motifs is 1. The zero-order chi connectivity index (χ0) is 15.5. The average molecular weight is 311 g/mol. The van der Waals surface area contributed by atoms with Crippen molar-refractivity contribution in [2.45, 2.75) is 0 Å². The van der Waals surface area contributed by atoms with Crippen LogP contribution in [0.3, 0.4) is 0 Å². The number of pyridine rings is 1. The molecule has 0 saturated heterocycles. The van der Waals surface area contributed by atoms with Gasteiger partial charge in [-0.2, -0.15) is 0 Å². The number of thiazole rings is 1. The molecule has 0 saturated carbocycles. The van der Waals surface area contributed by atoms with E-state index in [0.29, 0.717) is 0 Å². The molecule has 0 bridgehead atoms. The number of hydrogen-bond acceptors (Lipinski definition) is 4. The fourth-order valence-corrected chi connectivity index (χ4v) is 2.85. The molecular weight excluding hydrogens is 298 g/mol. The van der Waals surface area contributed by atoms with Crippen molar-refractivity contribution in [2.24, 2.45) is 7.05 Å². The van der Waals surface area contributed by atoms with Crippen molar-refractivity contribution in [3.05, 3.63) is 64.0 Å². The summed E-state index contributed by atoms with van der Waals surface area (Å²) in [4.78, 5) is 28.1. The normalized spacial score (nSPS) is 11.1. The lowest BCUT2D eigenvalue weighted by Crippen LogP contribution is -2.22. The number of rotatable bonds is 3. The molecule has 2 heterocycles. The Bertz CT molecular complexity index is 891. The van der Waals surface area contributed by atoms with Crippen LogP contribution in [0.1, 0.15) is 5.01 Å². The molecule has 6 heteroatoms. The van der Waals surface area contributed by atoms with Crippen LogP contribution in [0.15, 0.2) is 53.5 Å². The van der Waals surface area contributed by atoms with Gasteiger partial charge in [-0.05, 0) is 30.3 Å². The van der Waals surface area contributed by atoms with E-state index in [4.69, 9.17) is 0 Å². The Morgan fingerprint density at radius 2 is 2.09 bits per heavy atom. The molecule has 0 unspecified atom stereocenters. The van der Waals surface area contributed by atoms with E-state index in [1.807, 2.05) is 24.3 Å². The predicted molar refractivity (Wildman–Crippen MR) is 89.0 cm³/mol. The standard InChI is InChI=1S/C16H13N3O2S/c1-19-10-4-6-12(16(19)21)17-14(20)8-9-15-18-11-5-2-3-7-13(11)22-15/h2-10H,1H3,(H,17,20). The van der Waals surface area contributed by atoms with Gasteiger partial charge in [0.1, 0.15) is 10.7 Å². The highest BCUT2D eigenvalue weighted by Crippen LogP contribution is 2.22. The lowest BCUT2D eigenvalue weighted by Gasteiger charge is -2.02. The number of hydrogen-bond donors (Lipinski definition) is 1. The molecule has 2 aromatic heterocycles. The summed E-state index contributed by atoms with van der Waals surface area (Å²) in [6.45, 7) is 0. The van der Waals surface area contributed by atoms with Crippen LogP contribution in [0.4, 0.5) is 5.69 Å². The molecule has 0 spiro atoms. The van der Waals surface area contributed by atoms with E-state index in [-0.39, 0.29) is 17.2 Å². The van der Waals surface area contributed by atoms with Gasteiger partial charge in [0, 0.05) is 19.3 Å². The predicted octanol–water partition coefficient (Wildman–Crippen LogP) is 2.65. The first-order chi connectivity index (χ1) is 10.6. The van der Waals surface area contributed by atoms with Crippen LogP contribution in [0.2, 0.25) is 0 Å². The third-order valence-corrected chi connectivity index (χ3v) is 4.07. The second-order valence-corrected chi connectivity index (χ2v) is 5.74. The quantitative estimate of drug-likeness (QED) is 0.756. The minimum absolute atomic E-state index is 0.246. The van der Waals surface area contributed by atoms with E-state index in [2.05, 4.69) is 10.3 Å². The van der Waals surface area contributed by atoms with Gasteiger partial charge in [-0.3, -0.25) is 9.59 Å². The first-order valence-corrected chi connectivity index (χ1v) is 7.45. The number of nitrogens with zero attached hydrogens (tertiary/aromatic N) is 2. The largest absolute Gasteiger partial charge is 0.318 e. The number of para-hydroxylation sites is 1. The number of nitrogens with one attached hydrogen (secondary N) is 1. The second kappa shape index (κ2) is 5.95. The van der Waals surface area contributed by atoms with Crippen LogP contribution in [0, 0.1) is 0 Å². The summed E-state index contributed by atoms with van der Waals surface area (Å²) in [5.41, 5.74) is 0.915. The van der Waals surface area contributed by atoms with Gasteiger partial charge in [0.15, 0.2) is 0 Å². The van der Waals surface area contributed by atoms with Gasteiger partial charge in [0.25, 0.3) is 5.56 Å². The monoisotopic (exact) mass is 311 g/mol. The van der Waals surface area contributed by atoms with E-state index < -0.39 is 0 Å². The Morgan fingerprint density at radius 1 is 1.27 bits per heavy atom. The highest BCUT2D eigenvalue weighted by atomic mass is 32.1. The van der Waals surface area contributed by atoms with Gasteiger partial charge >= 0.3 is 0 Å². The summed E-state index contributed by atoms with van der Waals surface area (Å²) < 4.78 is 2.48. The lowest BCUT2D eigenvalue weighted by molar-refractivity contribution is -0.111. The number of aryl methyl sites for hydroxylation is 1. The van der Waals surface area contributed by atoms with E-state index >= 15 is 0 Å². The number of benzene rings is 1. The zero-order valence-electron chi connectivity index (χ0n) is 11.8. The molecule has 0 radical (unpaired) electrons. The van der Waals surface area contributed by atoms with Crippen molar-refractivity contribution >= 4 is 39.2 Å². The van der Waals surface area contributed by atoms with E-state index in [1.54, 1.807) is 31.5 Å². The molecule has 0 aliphatic rings. The van der Waals surface area contributed by atoms with E-state index in [9.17, 15) is 9.59 Å². The molecular formula is C16H13N3O2S.